The molecule has 0 spiro atoms. The zero-order valence-corrected chi connectivity index (χ0v) is 17.3. The van der Waals surface area contributed by atoms with Crippen LogP contribution >= 0.6 is 11.8 Å². The number of aliphatic carboxylic acids is 1. The molecule has 0 aromatic heterocycles. The molecule has 7 heteroatoms. The Morgan fingerprint density at radius 1 is 1.12 bits per heavy atom. The maximum atomic E-state index is 12.5. The van der Waals surface area contributed by atoms with E-state index in [4.69, 9.17) is 4.74 Å². The summed E-state index contributed by atoms with van der Waals surface area (Å²) in [6, 6.07) is 6.04. The SMILES string of the molecule is CCCCCCCCSCC(CS(=O)(=O)c1ccc(OC)cc1)C(=O)O. The number of methoxy groups -OCH3 is 1. The number of carboxylic acid groups (broad SMARTS) is 1. The standard InChI is InChI=1S/C19H30O5S2/c1-3-4-5-6-7-8-13-25-14-16(19(20)21)15-26(22,23)18-11-9-17(24-2)10-12-18/h9-12,16H,3-8,13-15H2,1-2H3,(H,20,21). The minimum absolute atomic E-state index is 0.130. The zero-order valence-electron chi connectivity index (χ0n) is 15.6. The van der Waals surface area contributed by atoms with E-state index >= 15 is 0 Å². The smallest absolute Gasteiger partial charge is 0.308 e. The summed E-state index contributed by atoms with van der Waals surface area (Å²) < 4.78 is 30.0. The van der Waals surface area contributed by atoms with Crippen LogP contribution in [-0.2, 0) is 14.6 Å². The summed E-state index contributed by atoms with van der Waals surface area (Å²) in [6.45, 7) is 2.18. The second-order valence-corrected chi connectivity index (χ2v) is 9.52. The molecule has 0 radical (unpaired) electrons. The first-order chi connectivity index (χ1) is 12.4. The Bertz CT molecular complexity index is 626. The average Bonchev–Trinajstić information content (AvgIpc) is 2.62. The predicted molar refractivity (Wildman–Crippen MR) is 107 cm³/mol. The Labute approximate surface area is 161 Å². The number of thioether (sulfide) groups is 1. The fourth-order valence-corrected chi connectivity index (χ4v) is 5.35. The highest BCUT2D eigenvalue weighted by Crippen LogP contribution is 2.21. The van der Waals surface area contributed by atoms with Gasteiger partial charge in [0.1, 0.15) is 5.75 Å². The molecule has 0 aliphatic carbocycles. The van der Waals surface area contributed by atoms with Crippen LogP contribution in [0.1, 0.15) is 45.4 Å². The molecule has 1 unspecified atom stereocenters. The van der Waals surface area contributed by atoms with Gasteiger partial charge in [0, 0.05) is 5.75 Å². The van der Waals surface area contributed by atoms with Crippen molar-refractivity contribution in [3.8, 4) is 5.75 Å². The van der Waals surface area contributed by atoms with Crippen LogP contribution < -0.4 is 4.74 Å². The van der Waals surface area contributed by atoms with Gasteiger partial charge < -0.3 is 9.84 Å². The molecule has 1 rings (SSSR count). The summed E-state index contributed by atoms with van der Waals surface area (Å²) in [5, 5.41) is 9.37. The molecule has 26 heavy (non-hydrogen) atoms. The van der Waals surface area contributed by atoms with E-state index in [0.717, 1.165) is 18.6 Å². The summed E-state index contributed by atoms with van der Waals surface area (Å²) >= 11 is 1.53. The van der Waals surface area contributed by atoms with Gasteiger partial charge in [-0.25, -0.2) is 8.42 Å². The van der Waals surface area contributed by atoms with Crippen molar-refractivity contribution in [2.24, 2.45) is 5.92 Å². The molecule has 1 atom stereocenters. The van der Waals surface area contributed by atoms with Gasteiger partial charge in [0.25, 0.3) is 0 Å². The second kappa shape index (κ2) is 12.2. The van der Waals surface area contributed by atoms with Crippen LogP contribution in [0.15, 0.2) is 29.2 Å². The van der Waals surface area contributed by atoms with Crippen LogP contribution in [0, 0.1) is 5.92 Å². The molecule has 0 bridgehead atoms. The van der Waals surface area contributed by atoms with Crippen molar-refractivity contribution in [1.82, 2.24) is 0 Å². The molecule has 1 aromatic carbocycles. The summed E-state index contributed by atoms with van der Waals surface area (Å²) in [5.74, 6) is -0.575. The first-order valence-electron chi connectivity index (χ1n) is 9.08. The number of hydrogen-bond acceptors (Lipinski definition) is 5. The first-order valence-corrected chi connectivity index (χ1v) is 11.9. The van der Waals surface area contributed by atoms with Gasteiger partial charge in [-0.3, -0.25) is 4.79 Å². The summed E-state index contributed by atoms with van der Waals surface area (Å²) in [7, 11) is -2.13. The molecule has 148 valence electrons. The highest BCUT2D eigenvalue weighted by atomic mass is 32.2. The van der Waals surface area contributed by atoms with Crippen molar-refractivity contribution >= 4 is 27.6 Å². The van der Waals surface area contributed by atoms with Gasteiger partial charge in [0.2, 0.25) is 0 Å². The second-order valence-electron chi connectivity index (χ2n) is 6.33. The number of rotatable bonds is 14. The van der Waals surface area contributed by atoms with E-state index in [1.54, 1.807) is 12.1 Å². The Kier molecular flexibility index (Phi) is 10.7. The maximum Gasteiger partial charge on any atom is 0.308 e. The van der Waals surface area contributed by atoms with Crippen molar-refractivity contribution in [3.63, 3.8) is 0 Å². The molecular weight excluding hydrogens is 372 g/mol. The normalized spacial score (nSPS) is 12.7. The molecule has 5 nitrogen and oxygen atoms in total. The fourth-order valence-electron chi connectivity index (χ4n) is 2.54. The van der Waals surface area contributed by atoms with E-state index in [1.807, 2.05) is 0 Å². The Morgan fingerprint density at radius 2 is 1.73 bits per heavy atom. The lowest BCUT2D eigenvalue weighted by atomic mass is 10.1. The van der Waals surface area contributed by atoms with E-state index in [-0.39, 0.29) is 10.6 Å². The van der Waals surface area contributed by atoms with E-state index in [1.165, 1.54) is 56.7 Å². The predicted octanol–water partition coefficient (Wildman–Crippen LogP) is 4.26. The lowest BCUT2D eigenvalue weighted by Gasteiger charge is -2.13. The number of benzene rings is 1. The van der Waals surface area contributed by atoms with Gasteiger partial charge in [-0.1, -0.05) is 39.0 Å². The molecule has 0 saturated carbocycles. The van der Waals surface area contributed by atoms with Crippen molar-refractivity contribution in [2.75, 3.05) is 24.4 Å². The quantitative estimate of drug-likeness (QED) is 0.468. The molecule has 0 fully saturated rings. The van der Waals surface area contributed by atoms with Crippen molar-refractivity contribution in [3.05, 3.63) is 24.3 Å². The Hall–Kier alpha value is -1.21. The minimum Gasteiger partial charge on any atom is -0.497 e. The summed E-state index contributed by atoms with van der Waals surface area (Å²) in [6.07, 6.45) is 7.14. The highest BCUT2D eigenvalue weighted by Gasteiger charge is 2.26. The monoisotopic (exact) mass is 402 g/mol. The number of carbonyl (C=O) groups is 1. The number of carboxylic acids is 1. The van der Waals surface area contributed by atoms with Gasteiger partial charge in [0.15, 0.2) is 9.84 Å². The average molecular weight is 403 g/mol. The number of hydrogen-bond donors (Lipinski definition) is 1. The molecule has 1 aromatic rings. The van der Waals surface area contributed by atoms with Crippen molar-refractivity contribution in [2.45, 2.75) is 50.3 Å². The van der Waals surface area contributed by atoms with E-state index in [9.17, 15) is 18.3 Å². The first kappa shape index (κ1) is 22.8. The van der Waals surface area contributed by atoms with E-state index in [0.29, 0.717) is 11.5 Å². The van der Waals surface area contributed by atoms with E-state index in [2.05, 4.69) is 6.92 Å². The van der Waals surface area contributed by atoms with Crippen LogP contribution in [0.4, 0.5) is 0 Å². The highest BCUT2D eigenvalue weighted by molar-refractivity contribution is 7.99. The third-order valence-electron chi connectivity index (χ3n) is 4.15. The van der Waals surface area contributed by atoms with Crippen LogP contribution in [-0.4, -0.2) is 43.9 Å². The number of sulfone groups is 1. The van der Waals surface area contributed by atoms with Crippen LogP contribution in [0.25, 0.3) is 0 Å². The lowest BCUT2D eigenvalue weighted by Crippen LogP contribution is -2.26. The van der Waals surface area contributed by atoms with Gasteiger partial charge in [-0.15, -0.1) is 0 Å². The molecule has 0 amide bonds. The Balaban J connectivity index is 2.47. The topological polar surface area (TPSA) is 80.7 Å². The van der Waals surface area contributed by atoms with Crippen molar-refractivity contribution in [1.29, 1.82) is 0 Å². The molecule has 0 saturated heterocycles. The molecular formula is C19H30O5S2. The van der Waals surface area contributed by atoms with Gasteiger partial charge >= 0.3 is 5.97 Å². The van der Waals surface area contributed by atoms with Gasteiger partial charge in [-0.2, -0.15) is 11.8 Å². The molecule has 0 aliphatic rings. The number of ether oxygens (including phenoxy) is 1. The Morgan fingerprint density at radius 3 is 2.31 bits per heavy atom. The van der Waals surface area contributed by atoms with Crippen LogP contribution in [0.3, 0.4) is 0 Å². The van der Waals surface area contributed by atoms with Gasteiger partial charge in [0.05, 0.1) is 23.7 Å². The van der Waals surface area contributed by atoms with Crippen LogP contribution in [0.2, 0.25) is 0 Å². The van der Waals surface area contributed by atoms with Crippen molar-refractivity contribution < 1.29 is 23.1 Å². The fraction of sp³-hybridized carbons (Fsp3) is 0.632. The number of unbranched alkanes of at least 4 members (excludes halogenated alkanes) is 5. The largest absolute Gasteiger partial charge is 0.497 e. The third-order valence-corrected chi connectivity index (χ3v) is 7.20. The third kappa shape index (κ3) is 8.45. The summed E-state index contributed by atoms with van der Waals surface area (Å²) in [4.78, 5) is 11.6. The lowest BCUT2D eigenvalue weighted by molar-refractivity contribution is -0.140. The summed E-state index contributed by atoms with van der Waals surface area (Å²) in [5.41, 5.74) is 0. The van der Waals surface area contributed by atoms with E-state index < -0.39 is 21.7 Å². The van der Waals surface area contributed by atoms with Crippen LogP contribution in [0.5, 0.6) is 5.75 Å². The molecule has 0 heterocycles. The van der Waals surface area contributed by atoms with Gasteiger partial charge in [-0.05, 0) is 36.4 Å². The minimum atomic E-state index is -3.64. The molecule has 1 N–H and O–H groups in total. The zero-order chi connectivity index (χ0) is 19.4. The molecule has 0 aliphatic heterocycles. The maximum absolute atomic E-state index is 12.5.